The highest BCUT2D eigenvalue weighted by Gasteiger charge is 2.08. The van der Waals surface area contributed by atoms with Crippen molar-refractivity contribution in [2.75, 3.05) is 0 Å². The van der Waals surface area contributed by atoms with E-state index in [1.54, 1.807) is 0 Å². The maximum Gasteiger partial charge on any atom is 0.125 e. The minimum absolute atomic E-state index is 0.391. The number of nitrogens with zero attached hydrogens (tertiary/aromatic N) is 1. The SMILES string of the molecule is NCc1nc(-c2ccccc2)sc1Cl. The maximum atomic E-state index is 5.97. The van der Waals surface area contributed by atoms with Gasteiger partial charge in [0, 0.05) is 12.1 Å². The van der Waals surface area contributed by atoms with Gasteiger partial charge in [-0.05, 0) is 0 Å². The highest BCUT2D eigenvalue weighted by atomic mass is 35.5. The van der Waals surface area contributed by atoms with Crippen molar-refractivity contribution < 1.29 is 0 Å². The van der Waals surface area contributed by atoms with E-state index in [-0.39, 0.29) is 0 Å². The molecule has 1 aromatic carbocycles. The zero-order chi connectivity index (χ0) is 9.97. The summed E-state index contributed by atoms with van der Waals surface area (Å²) in [5.74, 6) is 0. The first-order valence-corrected chi connectivity index (χ1v) is 5.41. The summed E-state index contributed by atoms with van der Waals surface area (Å²) in [5, 5.41) is 0.927. The van der Waals surface area contributed by atoms with E-state index in [1.807, 2.05) is 30.3 Å². The van der Waals surface area contributed by atoms with Crippen LogP contribution in [0.1, 0.15) is 5.69 Å². The van der Waals surface area contributed by atoms with Crippen LogP contribution in [0.5, 0.6) is 0 Å². The lowest BCUT2D eigenvalue weighted by molar-refractivity contribution is 1.01. The molecule has 0 atom stereocenters. The third kappa shape index (κ3) is 1.80. The number of hydrogen-bond acceptors (Lipinski definition) is 3. The number of nitrogens with two attached hydrogens (primary N) is 1. The topological polar surface area (TPSA) is 38.9 Å². The molecule has 0 radical (unpaired) electrons. The number of benzene rings is 1. The molecule has 0 amide bonds. The predicted molar refractivity (Wildman–Crippen MR) is 60.5 cm³/mol. The number of rotatable bonds is 2. The molecule has 0 aliphatic heterocycles. The average Bonchev–Trinajstić information content (AvgIpc) is 2.61. The first-order chi connectivity index (χ1) is 6.81. The monoisotopic (exact) mass is 224 g/mol. The Balaban J connectivity index is 2.43. The molecular formula is C10H9ClN2S. The van der Waals surface area contributed by atoms with Gasteiger partial charge in [-0.1, -0.05) is 41.9 Å². The molecule has 2 nitrogen and oxygen atoms in total. The molecule has 0 spiro atoms. The summed E-state index contributed by atoms with van der Waals surface area (Å²) in [7, 11) is 0. The molecule has 1 aromatic heterocycles. The second kappa shape index (κ2) is 4.09. The summed E-state index contributed by atoms with van der Waals surface area (Å²) in [6.45, 7) is 0.391. The molecule has 72 valence electrons. The standard InChI is InChI=1S/C10H9ClN2S/c11-9-8(6-12)13-10(14-9)7-4-2-1-3-5-7/h1-5H,6,12H2. The Hall–Kier alpha value is -0.900. The highest BCUT2D eigenvalue weighted by molar-refractivity contribution is 7.19. The zero-order valence-electron chi connectivity index (χ0n) is 7.40. The molecule has 0 saturated carbocycles. The first kappa shape index (κ1) is 9.65. The van der Waals surface area contributed by atoms with Crippen molar-refractivity contribution in [3.8, 4) is 10.6 Å². The van der Waals surface area contributed by atoms with Crippen LogP contribution in [0.4, 0.5) is 0 Å². The van der Waals surface area contributed by atoms with Crippen molar-refractivity contribution in [3.05, 3.63) is 40.4 Å². The Bertz CT molecular complexity index is 425. The number of thiazole rings is 1. The van der Waals surface area contributed by atoms with E-state index in [4.69, 9.17) is 17.3 Å². The maximum absolute atomic E-state index is 5.97. The number of halogens is 1. The lowest BCUT2D eigenvalue weighted by atomic mass is 10.2. The third-order valence-corrected chi connectivity index (χ3v) is 3.25. The van der Waals surface area contributed by atoms with Crippen molar-refractivity contribution in [3.63, 3.8) is 0 Å². The van der Waals surface area contributed by atoms with Crippen LogP contribution in [-0.2, 0) is 6.54 Å². The van der Waals surface area contributed by atoms with Crippen molar-refractivity contribution in [1.29, 1.82) is 0 Å². The molecule has 14 heavy (non-hydrogen) atoms. The first-order valence-electron chi connectivity index (χ1n) is 4.22. The van der Waals surface area contributed by atoms with Gasteiger partial charge in [-0.3, -0.25) is 0 Å². The average molecular weight is 225 g/mol. The van der Waals surface area contributed by atoms with Gasteiger partial charge in [0.1, 0.15) is 9.34 Å². The molecule has 2 N–H and O–H groups in total. The number of aromatic nitrogens is 1. The van der Waals surface area contributed by atoms with Gasteiger partial charge < -0.3 is 5.73 Å². The van der Waals surface area contributed by atoms with Gasteiger partial charge in [0.25, 0.3) is 0 Å². The summed E-state index contributed by atoms with van der Waals surface area (Å²) >= 11 is 7.44. The van der Waals surface area contributed by atoms with Gasteiger partial charge in [-0.25, -0.2) is 4.98 Å². The fraction of sp³-hybridized carbons (Fsp3) is 0.100. The summed E-state index contributed by atoms with van der Waals surface area (Å²) in [4.78, 5) is 4.36. The Kier molecular flexibility index (Phi) is 2.82. The molecule has 4 heteroatoms. The summed E-state index contributed by atoms with van der Waals surface area (Å²) in [6.07, 6.45) is 0. The molecule has 0 fully saturated rings. The highest BCUT2D eigenvalue weighted by Crippen LogP contribution is 2.31. The Morgan fingerprint density at radius 1 is 1.29 bits per heavy atom. The van der Waals surface area contributed by atoms with E-state index in [9.17, 15) is 0 Å². The molecule has 0 saturated heterocycles. The Morgan fingerprint density at radius 3 is 2.57 bits per heavy atom. The molecule has 0 unspecified atom stereocenters. The van der Waals surface area contributed by atoms with E-state index in [0.717, 1.165) is 16.3 Å². The van der Waals surface area contributed by atoms with Crippen molar-refractivity contribution >= 4 is 22.9 Å². The van der Waals surface area contributed by atoms with Crippen LogP contribution >= 0.6 is 22.9 Å². The lowest BCUT2D eigenvalue weighted by Gasteiger charge is -1.92. The molecular weight excluding hydrogens is 216 g/mol. The van der Waals surface area contributed by atoms with E-state index < -0.39 is 0 Å². The zero-order valence-corrected chi connectivity index (χ0v) is 8.98. The fourth-order valence-corrected chi connectivity index (χ4v) is 2.33. The van der Waals surface area contributed by atoms with Gasteiger partial charge in [0.05, 0.1) is 5.69 Å². The van der Waals surface area contributed by atoms with Crippen LogP contribution in [0.3, 0.4) is 0 Å². The molecule has 0 aliphatic carbocycles. The van der Waals surface area contributed by atoms with Crippen LogP contribution in [0.15, 0.2) is 30.3 Å². The van der Waals surface area contributed by atoms with Crippen molar-refractivity contribution in [2.24, 2.45) is 5.73 Å². The fourth-order valence-electron chi connectivity index (χ4n) is 1.16. The molecule has 0 bridgehead atoms. The van der Waals surface area contributed by atoms with E-state index in [1.165, 1.54) is 11.3 Å². The Morgan fingerprint density at radius 2 is 2.00 bits per heavy atom. The summed E-state index contributed by atoms with van der Waals surface area (Å²) < 4.78 is 0.686. The second-order valence-corrected chi connectivity index (χ2v) is 4.41. The van der Waals surface area contributed by atoms with E-state index in [2.05, 4.69) is 4.98 Å². The quantitative estimate of drug-likeness (QED) is 0.852. The van der Waals surface area contributed by atoms with Gasteiger partial charge in [0.2, 0.25) is 0 Å². The van der Waals surface area contributed by atoms with Gasteiger partial charge in [-0.15, -0.1) is 11.3 Å². The minimum Gasteiger partial charge on any atom is -0.325 e. The van der Waals surface area contributed by atoms with Crippen LogP contribution in [0, 0.1) is 0 Å². The third-order valence-electron chi connectivity index (χ3n) is 1.86. The summed E-state index contributed by atoms with van der Waals surface area (Å²) in [6, 6.07) is 9.95. The minimum atomic E-state index is 0.391. The Labute approximate surface area is 91.4 Å². The van der Waals surface area contributed by atoms with E-state index >= 15 is 0 Å². The normalized spacial score (nSPS) is 10.4. The molecule has 2 aromatic rings. The lowest BCUT2D eigenvalue weighted by Crippen LogP contribution is -1.96. The van der Waals surface area contributed by atoms with Gasteiger partial charge in [-0.2, -0.15) is 0 Å². The molecule has 2 rings (SSSR count). The van der Waals surface area contributed by atoms with Crippen LogP contribution < -0.4 is 5.73 Å². The molecule has 0 aliphatic rings. The second-order valence-electron chi connectivity index (χ2n) is 2.81. The van der Waals surface area contributed by atoms with Crippen LogP contribution in [-0.4, -0.2) is 4.98 Å². The van der Waals surface area contributed by atoms with Crippen LogP contribution in [0.2, 0.25) is 4.34 Å². The van der Waals surface area contributed by atoms with Gasteiger partial charge >= 0.3 is 0 Å². The predicted octanol–water partition coefficient (Wildman–Crippen LogP) is 2.92. The van der Waals surface area contributed by atoms with Crippen molar-refractivity contribution in [2.45, 2.75) is 6.54 Å². The van der Waals surface area contributed by atoms with Crippen LogP contribution in [0.25, 0.3) is 10.6 Å². The largest absolute Gasteiger partial charge is 0.325 e. The number of hydrogen-bond donors (Lipinski definition) is 1. The summed E-state index contributed by atoms with van der Waals surface area (Å²) in [5.41, 5.74) is 7.36. The smallest absolute Gasteiger partial charge is 0.125 e. The van der Waals surface area contributed by atoms with Crippen molar-refractivity contribution in [1.82, 2.24) is 4.98 Å². The van der Waals surface area contributed by atoms with Gasteiger partial charge in [0.15, 0.2) is 0 Å². The molecule has 1 heterocycles. The van der Waals surface area contributed by atoms with E-state index in [0.29, 0.717) is 10.9 Å².